The van der Waals surface area contributed by atoms with Crippen molar-refractivity contribution in [2.24, 2.45) is 0 Å². The average molecular weight is 329 g/mol. The fraction of sp³-hybridized carbons (Fsp3) is 0.308. The number of rotatable bonds is 4. The maximum absolute atomic E-state index is 13.5. The summed E-state index contributed by atoms with van der Waals surface area (Å²) in [7, 11) is -2.28. The van der Waals surface area contributed by atoms with Gasteiger partial charge in [-0.05, 0) is 31.5 Å². The summed E-state index contributed by atoms with van der Waals surface area (Å²) in [5.41, 5.74) is 6.21. The third kappa shape index (κ3) is 3.22. The van der Waals surface area contributed by atoms with Crippen molar-refractivity contribution >= 4 is 27.0 Å². The molecular formula is C13H16FN3O2S2. The molecule has 5 nitrogen and oxygen atoms in total. The van der Waals surface area contributed by atoms with Crippen molar-refractivity contribution in [1.29, 1.82) is 0 Å². The summed E-state index contributed by atoms with van der Waals surface area (Å²) in [6, 6.07) is 2.42. The van der Waals surface area contributed by atoms with Crippen LogP contribution in [0.5, 0.6) is 0 Å². The van der Waals surface area contributed by atoms with Crippen LogP contribution in [-0.4, -0.2) is 24.8 Å². The number of nitrogen functional groups attached to an aromatic ring is 1. The summed E-state index contributed by atoms with van der Waals surface area (Å²) >= 11 is 1.46. The largest absolute Gasteiger partial charge is 0.396 e. The van der Waals surface area contributed by atoms with Gasteiger partial charge in [0.05, 0.1) is 27.8 Å². The summed E-state index contributed by atoms with van der Waals surface area (Å²) in [5.74, 6) is -0.591. The maximum atomic E-state index is 13.5. The van der Waals surface area contributed by atoms with Gasteiger partial charge < -0.3 is 5.73 Å². The van der Waals surface area contributed by atoms with E-state index in [4.69, 9.17) is 5.73 Å². The molecule has 2 aromatic rings. The zero-order valence-electron chi connectivity index (χ0n) is 11.9. The van der Waals surface area contributed by atoms with Gasteiger partial charge in [-0.25, -0.2) is 17.8 Å². The Morgan fingerprint density at radius 1 is 1.38 bits per heavy atom. The molecule has 2 rings (SSSR count). The number of hydrogen-bond donors (Lipinski definition) is 1. The number of anilines is 1. The van der Waals surface area contributed by atoms with Gasteiger partial charge in [0.1, 0.15) is 5.82 Å². The van der Waals surface area contributed by atoms with Crippen LogP contribution in [0.4, 0.5) is 10.1 Å². The SMILES string of the molecule is Cc1nc(CN(C)S(=O)(=O)c2cc(C)c(F)c(N)c2)cs1. The lowest BCUT2D eigenvalue weighted by Crippen LogP contribution is -2.27. The number of nitrogens with zero attached hydrogens (tertiary/aromatic N) is 2. The molecule has 0 bridgehead atoms. The summed E-state index contributed by atoms with van der Waals surface area (Å²) in [4.78, 5) is 4.21. The van der Waals surface area contributed by atoms with Crippen molar-refractivity contribution in [3.05, 3.63) is 39.6 Å². The van der Waals surface area contributed by atoms with Gasteiger partial charge in [0, 0.05) is 12.4 Å². The molecule has 0 saturated heterocycles. The highest BCUT2D eigenvalue weighted by atomic mass is 32.2. The molecule has 2 N–H and O–H groups in total. The molecule has 1 aromatic heterocycles. The second kappa shape index (κ2) is 5.70. The van der Waals surface area contributed by atoms with E-state index in [9.17, 15) is 12.8 Å². The smallest absolute Gasteiger partial charge is 0.243 e. The van der Waals surface area contributed by atoms with Gasteiger partial charge in [-0.3, -0.25) is 0 Å². The highest BCUT2D eigenvalue weighted by Gasteiger charge is 2.23. The van der Waals surface area contributed by atoms with E-state index in [1.165, 1.54) is 35.7 Å². The van der Waals surface area contributed by atoms with E-state index in [0.717, 1.165) is 11.1 Å². The second-order valence-electron chi connectivity index (χ2n) is 4.76. The molecule has 0 saturated carbocycles. The number of hydrogen-bond acceptors (Lipinski definition) is 5. The molecule has 0 unspecified atom stereocenters. The van der Waals surface area contributed by atoms with Crippen LogP contribution in [0.15, 0.2) is 22.4 Å². The van der Waals surface area contributed by atoms with E-state index in [1.807, 2.05) is 12.3 Å². The number of halogens is 1. The highest BCUT2D eigenvalue weighted by molar-refractivity contribution is 7.89. The minimum atomic E-state index is -3.74. The monoisotopic (exact) mass is 329 g/mol. The van der Waals surface area contributed by atoms with E-state index in [-0.39, 0.29) is 22.7 Å². The Kier molecular flexibility index (Phi) is 4.31. The van der Waals surface area contributed by atoms with Crippen LogP contribution < -0.4 is 5.73 Å². The standard InChI is InChI=1S/C13H16FN3O2S2/c1-8-4-11(5-12(15)13(8)14)21(18,19)17(3)6-10-7-20-9(2)16-10/h4-5,7H,6,15H2,1-3H3. The van der Waals surface area contributed by atoms with Crippen molar-refractivity contribution < 1.29 is 12.8 Å². The molecule has 114 valence electrons. The van der Waals surface area contributed by atoms with Crippen LogP contribution in [0, 0.1) is 19.7 Å². The maximum Gasteiger partial charge on any atom is 0.243 e. The lowest BCUT2D eigenvalue weighted by atomic mass is 10.2. The number of aromatic nitrogens is 1. The number of thiazole rings is 1. The van der Waals surface area contributed by atoms with Gasteiger partial charge >= 0.3 is 0 Å². The van der Waals surface area contributed by atoms with Gasteiger partial charge in [-0.1, -0.05) is 0 Å². The van der Waals surface area contributed by atoms with Crippen LogP contribution >= 0.6 is 11.3 Å². The molecule has 0 aliphatic rings. The van der Waals surface area contributed by atoms with Crippen LogP contribution in [0.25, 0.3) is 0 Å². The first-order valence-corrected chi connectivity index (χ1v) is 8.46. The number of nitrogens with two attached hydrogens (primary N) is 1. The van der Waals surface area contributed by atoms with Gasteiger partial charge in [0.25, 0.3) is 0 Å². The molecule has 0 spiro atoms. The van der Waals surface area contributed by atoms with Gasteiger partial charge in [0.15, 0.2) is 0 Å². The van der Waals surface area contributed by atoms with E-state index in [1.54, 1.807) is 0 Å². The van der Waals surface area contributed by atoms with Crippen LogP contribution in [0.3, 0.4) is 0 Å². The second-order valence-corrected chi connectivity index (χ2v) is 7.87. The number of aryl methyl sites for hydroxylation is 2. The lowest BCUT2D eigenvalue weighted by Gasteiger charge is -2.17. The fourth-order valence-corrected chi connectivity index (χ4v) is 3.75. The Balaban J connectivity index is 2.33. The summed E-state index contributed by atoms with van der Waals surface area (Å²) in [6.07, 6.45) is 0. The quantitative estimate of drug-likeness (QED) is 0.873. The molecule has 0 amide bonds. The molecule has 1 heterocycles. The molecule has 8 heteroatoms. The topological polar surface area (TPSA) is 76.3 Å². The molecular weight excluding hydrogens is 313 g/mol. The van der Waals surface area contributed by atoms with Crippen LogP contribution in [-0.2, 0) is 16.6 Å². The Hall–Kier alpha value is -1.51. The van der Waals surface area contributed by atoms with Crippen molar-refractivity contribution in [2.75, 3.05) is 12.8 Å². The van der Waals surface area contributed by atoms with Gasteiger partial charge in [-0.15, -0.1) is 11.3 Å². The molecule has 0 atom stereocenters. The van der Waals surface area contributed by atoms with Gasteiger partial charge in [-0.2, -0.15) is 4.31 Å². The molecule has 0 aliphatic carbocycles. The average Bonchev–Trinajstić information content (AvgIpc) is 2.80. The minimum Gasteiger partial charge on any atom is -0.396 e. The Bertz CT molecular complexity index is 748. The fourth-order valence-electron chi connectivity index (χ4n) is 1.89. The highest BCUT2D eigenvalue weighted by Crippen LogP contribution is 2.24. The van der Waals surface area contributed by atoms with Crippen LogP contribution in [0.2, 0.25) is 0 Å². The Morgan fingerprint density at radius 3 is 2.57 bits per heavy atom. The molecule has 0 aliphatic heterocycles. The predicted molar refractivity (Wildman–Crippen MR) is 81.1 cm³/mol. The molecule has 21 heavy (non-hydrogen) atoms. The number of benzene rings is 1. The first-order chi connectivity index (χ1) is 9.71. The lowest BCUT2D eigenvalue weighted by molar-refractivity contribution is 0.462. The van der Waals surface area contributed by atoms with E-state index in [0.29, 0.717) is 5.69 Å². The first-order valence-electron chi connectivity index (χ1n) is 6.15. The van der Waals surface area contributed by atoms with Gasteiger partial charge in [0.2, 0.25) is 10.0 Å². The van der Waals surface area contributed by atoms with Crippen LogP contribution in [0.1, 0.15) is 16.3 Å². The summed E-state index contributed by atoms with van der Waals surface area (Å²) < 4.78 is 39.6. The van der Waals surface area contributed by atoms with E-state index < -0.39 is 15.8 Å². The Labute approximate surface area is 127 Å². The van der Waals surface area contributed by atoms with Crippen molar-refractivity contribution in [3.8, 4) is 0 Å². The van der Waals surface area contributed by atoms with Crippen molar-refractivity contribution in [3.63, 3.8) is 0 Å². The predicted octanol–water partition coefficient (Wildman–Crippen LogP) is 2.30. The van der Waals surface area contributed by atoms with Crippen molar-refractivity contribution in [1.82, 2.24) is 9.29 Å². The molecule has 0 fully saturated rings. The summed E-state index contributed by atoms with van der Waals surface area (Å²) in [5, 5.41) is 2.68. The minimum absolute atomic E-state index is 0.0200. The third-order valence-electron chi connectivity index (χ3n) is 3.02. The third-order valence-corrected chi connectivity index (χ3v) is 5.62. The molecule has 1 aromatic carbocycles. The van der Waals surface area contributed by atoms with E-state index >= 15 is 0 Å². The molecule has 0 radical (unpaired) electrons. The summed E-state index contributed by atoms with van der Waals surface area (Å²) in [6.45, 7) is 3.49. The van der Waals surface area contributed by atoms with E-state index in [2.05, 4.69) is 4.98 Å². The zero-order valence-corrected chi connectivity index (χ0v) is 13.6. The zero-order chi connectivity index (χ0) is 15.8. The first kappa shape index (κ1) is 15.9. The Morgan fingerprint density at radius 2 is 2.05 bits per heavy atom. The normalized spacial score (nSPS) is 12.0. The van der Waals surface area contributed by atoms with Crippen molar-refractivity contribution in [2.45, 2.75) is 25.3 Å². The number of sulfonamides is 1.